The number of amidine groups is 1. The van der Waals surface area contributed by atoms with E-state index in [1.165, 1.54) is 19.2 Å². The SMILES string of the molecule is COc1ccccc1C(=O)n1nc(C2C(C(=O)O)N(C(=O)CN3CCOCC3)CCC2C(F)(F)F)cc1OCc1ccc(C(=N)N)cc1. The molecule has 0 bridgehead atoms. The number of benzene rings is 2. The molecule has 0 saturated carbocycles. The number of amides is 1. The van der Waals surface area contributed by atoms with Crippen LogP contribution in [0, 0.1) is 11.3 Å². The fourth-order valence-corrected chi connectivity index (χ4v) is 6.02. The molecule has 16 heteroatoms. The summed E-state index contributed by atoms with van der Waals surface area (Å²) in [4.78, 5) is 42.8. The van der Waals surface area contributed by atoms with Crippen LogP contribution in [0.5, 0.6) is 11.6 Å². The number of methoxy groups -OCH3 is 1. The van der Waals surface area contributed by atoms with Crippen molar-refractivity contribution in [1.29, 1.82) is 5.41 Å². The Bertz CT molecular complexity index is 1660. The third-order valence-corrected chi connectivity index (χ3v) is 8.47. The van der Waals surface area contributed by atoms with Crippen LogP contribution < -0.4 is 15.2 Å². The minimum atomic E-state index is -4.85. The first kappa shape index (κ1) is 34.4. The fourth-order valence-electron chi connectivity index (χ4n) is 6.02. The van der Waals surface area contributed by atoms with E-state index in [0.29, 0.717) is 37.4 Å². The van der Waals surface area contributed by atoms with Crippen molar-refractivity contribution in [2.24, 2.45) is 11.7 Å². The molecular formula is C32H35F3N6O7. The van der Waals surface area contributed by atoms with Crippen molar-refractivity contribution in [3.8, 4) is 11.6 Å². The van der Waals surface area contributed by atoms with Gasteiger partial charge in [0.25, 0.3) is 5.91 Å². The number of aliphatic carboxylic acids is 1. The second kappa shape index (κ2) is 14.4. The summed E-state index contributed by atoms with van der Waals surface area (Å²) in [6.07, 6.45) is -5.42. The van der Waals surface area contributed by atoms with Gasteiger partial charge in [-0.1, -0.05) is 36.4 Å². The maximum Gasteiger partial charge on any atom is 0.392 e. The van der Waals surface area contributed by atoms with Crippen LogP contribution in [0.1, 0.15) is 39.5 Å². The predicted octanol–water partition coefficient (Wildman–Crippen LogP) is 2.72. The molecule has 5 rings (SSSR count). The van der Waals surface area contributed by atoms with Gasteiger partial charge in [0.05, 0.1) is 44.0 Å². The Morgan fingerprint density at radius 1 is 1.08 bits per heavy atom. The highest BCUT2D eigenvalue weighted by Gasteiger charge is 2.55. The molecule has 3 aromatic rings. The van der Waals surface area contributed by atoms with E-state index in [4.69, 9.17) is 25.4 Å². The van der Waals surface area contributed by atoms with E-state index in [1.807, 2.05) is 0 Å². The number of morpholine rings is 1. The zero-order valence-corrected chi connectivity index (χ0v) is 26.0. The van der Waals surface area contributed by atoms with Gasteiger partial charge in [-0.15, -0.1) is 0 Å². The first-order valence-corrected chi connectivity index (χ1v) is 15.1. The van der Waals surface area contributed by atoms with Gasteiger partial charge in [-0.2, -0.15) is 23.0 Å². The number of carboxylic acids is 1. The summed E-state index contributed by atoms with van der Waals surface area (Å²) >= 11 is 0. The van der Waals surface area contributed by atoms with Crippen LogP contribution in [0.25, 0.3) is 0 Å². The Labute approximate surface area is 273 Å². The number of nitrogens with one attached hydrogen (secondary N) is 1. The van der Waals surface area contributed by atoms with Gasteiger partial charge in [-0.3, -0.25) is 19.9 Å². The summed E-state index contributed by atoms with van der Waals surface area (Å²) in [5, 5.41) is 22.2. The molecule has 256 valence electrons. The molecule has 3 unspecified atom stereocenters. The lowest BCUT2D eigenvalue weighted by Gasteiger charge is -2.43. The van der Waals surface area contributed by atoms with Crippen molar-refractivity contribution in [2.75, 3.05) is 46.5 Å². The van der Waals surface area contributed by atoms with Crippen LogP contribution in [-0.4, -0.2) is 107 Å². The number of nitrogens with two attached hydrogens (primary N) is 1. The van der Waals surface area contributed by atoms with E-state index in [1.54, 1.807) is 41.3 Å². The van der Waals surface area contributed by atoms with Gasteiger partial charge in [-0.25, -0.2) is 4.79 Å². The van der Waals surface area contributed by atoms with E-state index in [2.05, 4.69) is 5.10 Å². The lowest BCUT2D eigenvalue weighted by molar-refractivity contribution is -0.201. The molecule has 0 radical (unpaired) electrons. The number of para-hydroxylation sites is 1. The van der Waals surface area contributed by atoms with Gasteiger partial charge in [0.1, 0.15) is 24.2 Å². The number of nitrogen functional groups attached to an aromatic ring is 1. The van der Waals surface area contributed by atoms with E-state index in [0.717, 1.165) is 15.6 Å². The van der Waals surface area contributed by atoms with Crippen molar-refractivity contribution in [3.05, 3.63) is 77.0 Å². The number of carbonyl (C=O) groups is 3. The molecular weight excluding hydrogens is 637 g/mol. The molecule has 3 atom stereocenters. The van der Waals surface area contributed by atoms with Crippen LogP contribution in [0.2, 0.25) is 0 Å². The molecule has 2 saturated heterocycles. The van der Waals surface area contributed by atoms with E-state index >= 15 is 0 Å². The zero-order valence-electron chi connectivity index (χ0n) is 26.0. The first-order valence-electron chi connectivity index (χ1n) is 15.1. The van der Waals surface area contributed by atoms with E-state index < -0.39 is 54.8 Å². The summed E-state index contributed by atoms with van der Waals surface area (Å²) in [5.74, 6) is -7.36. The van der Waals surface area contributed by atoms with Crippen molar-refractivity contribution in [2.45, 2.75) is 31.2 Å². The van der Waals surface area contributed by atoms with Gasteiger partial charge >= 0.3 is 12.1 Å². The normalized spacial score (nSPS) is 20.2. The summed E-state index contributed by atoms with van der Waals surface area (Å²) in [6.45, 7) is 0.794. The number of alkyl halides is 3. The Morgan fingerprint density at radius 3 is 2.40 bits per heavy atom. The number of carboxylic acid groups (broad SMARTS) is 1. The van der Waals surface area contributed by atoms with Gasteiger partial charge in [0.15, 0.2) is 0 Å². The molecule has 2 aromatic carbocycles. The molecule has 2 aliphatic heterocycles. The molecule has 2 aliphatic rings. The monoisotopic (exact) mass is 672 g/mol. The highest BCUT2D eigenvalue weighted by molar-refractivity contribution is 5.99. The van der Waals surface area contributed by atoms with Gasteiger partial charge in [0, 0.05) is 37.2 Å². The van der Waals surface area contributed by atoms with E-state index in [-0.39, 0.29) is 41.9 Å². The standard InChI is InChI=1S/C32H35F3N6O7/c1-46-24-5-3-2-4-21(24)30(43)41-26(48-18-19-6-8-20(9-7-19)29(36)37)16-23(38-41)27-22(32(33,34)35)10-11-40(28(27)31(44)45)25(42)17-39-12-14-47-15-13-39/h2-9,16,22,27-28H,10-15,17-18H2,1H3,(H3,36,37)(H,44,45). The highest BCUT2D eigenvalue weighted by Crippen LogP contribution is 2.46. The molecule has 48 heavy (non-hydrogen) atoms. The molecule has 13 nitrogen and oxygen atoms in total. The second-order valence-corrected chi connectivity index (χ2v) is 11.4. The summed E-state index contributed by atoms with van der Waals surface area (Å²) in [7, 11) is 1.35. The third-order valence-electron chi connectivity index (χ3n) is 8.47. The quantitative estimate of drug-likeness (QED) is 0.215. The maximum absolute atomic E-state index is 14.6. The minimum absolute atomic E-state index is 0.0263. The number of hydrogen-bond donors (Lipinski definition) is 3. The summed E-state index contributed by atoms with van der Waals surface area (Å²) < 4.78 is 61.1. The van der Waals surface area contributed by atoms with Crippen LogP contribution in [0.15, 0.2) is 54.6 Å². The topological polar surface area (TPSA) is 173 Å². The van der Waals surface area contributed by atoms with Gasteiger partial charge in [-0.05, 0) is 24.1 Å². The first-order chi connectivity index (χ1) is 22.9. The average Bonchev–Trinajstić information content (AvgIpc) is 3.50. The zero-order chi connectivity index (χ0) is 34.6. The summed E-state index contributed by atoms with van der Waals surface area (Å²) in [5.41, 5.74) is 6.21. The number of aromatic nitrogens is 2. The lowest BCUT2D eigenvalue weighted by Crippen LogP contribution is -2.58. The average molecular weight is 673 g/mol. The van der Waals surface area contributed by atoms with E-state index in [9.17, 15) is 32.7 Å². The third kappa shape index (κ3) is 7.44. The number of rotatable bonds is 10. The molecule has 1 amide bonds. The van der Waals surface area contributed by atoms with Crippen molar-refractivity contribution < 1.29 is 46.9 Å². The minimum Gasteiger partial charge on any atom is -0.496 e. The number of hydrogen-bond acceptors (Lipinski definition) is 9. The molecule has 2 fully saturated rings. The Hall–Kier alpha value is -4.96. The molecule has 0 aliphatic carbocycles. The molecule has 0 spiro atoms. The Kier molecular flexibility index (Phi) is 10.3. The highest BCUT2D eigenvalue weighted by atomic mass is 19.4. The predicted molar refractivity (Wildman–Crippen MR) is 164 cm³/mol. The Balaban J connectivity index is 1.56. The number of nitrogens with zero attached hydrogens (tertiary/aromatic N) is 4. The van der Waals surface area contributed by atoms with Gasteiger partial charge in [0.2, 0.25) is 11.8 Å². The molecule has 3 heterocycles. The van der Waals surface area contributed by atoms with Crippen LogP contribution in [0.3, 0.4) is 0 Å². The van der Waals surface area contributed by atoms with Crippen molar-refractivity contribution in [3.63, 3.8) is 0 Å². The number of carbonyl (C=O) groups excluding carboxylic acids is 2. The number of ether oxygens (including phenoxy) is 3. The smallest absolute Gasteiger partial charge is 0.392 e. The largest absolute Gasteiger partial charge is 0.496 e. The van der Waals surface area contributed by atoms with Crippen molar-refractivity contribution >= 4 is 23.6 Å². The van der Waals surface area contributed by atoms with Crippen LogP contribution >= 0.6 is 0 Å². The molecule has 4 N–H and O–H groups in total. The number of piperidine rings is 1. The summed E-state index contributed by atoms with van der Waals surface area (Å²) in [6, 6.07) is 11.8. The maximum atomic E-state index is 14.6. The number of likely N-dealkylation sites (tertiary alicyclic amines) is 1. The second-order valence-electron chi connectivity index (χ2n) is 11.4. The number of halogens is 3. The van der Waals surface area contributed by atoms with Crippen molar-refractivity contribution in [1.82, 2.24) is 19.6 Å². The van der Waals surface area contributed by atoms with Gasteiger partial charge < -0.3 is 30.0 Å². The molecule has 1 aromatic heterocycles. The van der Waals surface area contributed by atoms with Crippen LogP contribution in [0.4, 0.5) is 13.2 Å². The lowest BCUT2D eigenvalue weighted by atomic mass is 9.77. The Morgan fingerprint density at radius 2 is 1.77 bits per heavy atom. The van der Waals surface area contributed by atoms with Crippen LogP contribution in [-0.2, 0) is 20.9 Å². The fraction of sp³-hybridized carbons (Fsp3) is 0.406.